The van der Waals surface area contributed by atoms with E-state index in [1.807, 2.05) is 25.3 Å². The van der Waals surface area contributed by atoms with Gasteiger partial charge in [-0.15, -0.1) is 11.3 Å². The van der Waals surface area contributed by atoms with Gasteiger partial charge in [0.15, 0.2) is 0 Å². The number of para-hydroxylation sites is 2. The minimum atomic E-state index is -0.847. The van der Waals surface area contributed by atoms with E-state index in [1.165, 1.54) is 22.3 Å². The van der Waals surface area contributed by atoms with Crippen LogP contribution in [-0.2, 0) is 9.59 Å². The first-order valence-electron chi connectivity index (χ1n) is 9.80. The second-order valence-electron chi connectivity index (χ2n) is 7.08. The molecule has 7 heteroatoms. The van der Waals surface area contributed by atoms with Gasteiger partial charge in [0.1, 0.15) is 23.3 Å². The van der Waals surface area contributed by atoms with E-state index in [9.17, 15) is 19.8 Å². The first-order valence-corrected chi connectivity index (χ1v) is 10.7. The molecule has 0 radical (unpaired) electrons. The molecule has 1 aromatic heterocycles. The third kappa shape index (κ3) is 3.57. The van der Waals surface area contributed by atoms with Crippen molar-refractivity contribution in [2.24, 2.45) is 0 Å². The van der Waals surface area contributed by atoms with Gasteiger partial charge in [-0.1, -0.05) is 12.1 Å². The Morgan fingerprint density at radius 3 is 2.42 bits per heavy atom. The van der Waals surface area contributed by atoms with E-state index >= 15 is 0 Å². The summed E-state index contributed by atoms with van der Waals surface area (Å²) in [7, 11) is 0. The minimum absolute atomic E-state index is 0.0111. The number of Topliss-reactive ketones (excluding diaryl/α,β-unsaturated/α-hetero) is 1. The number of phenolic OH excluding ortho intramolecular Hbond substituents is 1. The molecule has 4 rings (SSSR count). The number of ether oxygens (including phenoxy) is 1. The quantitative estimate of drug-likeness (QED) is 0.342. The summed E-state index contributed by atoms with van der Waals surface area (Å²) in [6.07, 6.45) is 0. The Hall–Kier alpha value is -3.58. The number of anilines is 1. The molecule has 0 spiro atoms. The summed E-state index contributed by atoms with van der Waals surface area (Å²) in [5.74, 6) is -1.35. The van der Waals surface area contributed by atoms with Crippen LogP contribution in [0.4, 0.5) is 5.69 Å². The van der Waals surface area contributed by atoms with E-state index in [0.717, 1.165) is 10.4 Å². The number of carbonyl (C=O) groups excluding carboxylic acids is 2. The summed E-state index contributed by atoms with van der Waals surface area (Å²) >= 11 is 1.39. The molecule has 2 aromatic carbocycles. The normalized spacial score (nSPS) is 17.9. The van der Waals surface area contributed by atoms with Crippen molar-refractivity contribution < 1.29 is 24.5 Å². The Balaban J connectivity index is 1.91. The number of nitrogens with zero attached hydrogens (tertiary/aromatic N) is 1. The average Bonchev–Trinajstić information content (AvgIpc) is 3.29. The number of aliphatic hydroxyl groups is 1. The number of hydrogen-bond donors (Lipinski definition) is 2. The fraction of sp³-hybridized carbons (Fsp3) is 0.167. The van der Waals surface area contributed by atoms with Gasteiger partial charge in [-0.3, -0.25) is 14.5 Å². The molecule has 0 aliphatic carbocycles. The van der Waals surface area contributed by atoms with Crippen molar-refractivity contribution in [3.8, 4) is 11.5 Å². The summed E-state index contributed by atoms with van der Waals surface area (Å²) in [4.78, 5) is 28.2. The number of benzene rings is 2. The van der Waals surface area contributed by atoms with Gasteiger partial charge in [-0.05, 0) is 67.3 Å². The van der Waals surface area contributed by atoms with Crippen LogP contribution in [0.1, 0.15) is 29.0 Å². The molecular weight excluding hydrogens is 414 g/mol. The Morgan fingerprint density at radius 2 is 1.81 bits per heavy atom. The fourth-order valence-electron chi connectivity index (χ4n) is 3.69. The van der Waals surface area contributed by atoms with Crippen molar-refractivity contribution in [3.63, 3.8) is 0 Å². The number of amides is 1. The molecule has 2 N–H and O–H groups in total. The maximum absolute atomic E-state index is 13.1. The second kappa shape index (κ2) is 8.28. The first-order chi connectivity index (χ1) is 14.9. The Bertz CT molecular complexity index is 1180. The van der Waals surface area contributed by atoms with E-state index in [4.69, 9.17) is 4.74 Å². The summed E-state index contributed by atoms with van der Waals surface area (Å²) in [6, 6.07) is 14.1. The smallest absolute Gasteiger partial charge is 0.300 e. The van der Waals surface area contributed by atoms with Crippen molar-refractivity contribution in [3.05, 3.63) is 81.6 Å². The van der Waals surface area contributed by atoms with Crippen LogP contribution in [0.25, 0.3) is 5.76 Å². The largest absolute Gasteiger partial charge is 0.507 e. The molecule has 3 aromatic rings. The molecule has 6 nitrogen and oxygen atoms in total. The molecule has 1 saturated heterocycles. The van der Waals surface area contributed by atoms with Crippen molar-refractivity contribution in [1.29, 1.82) is 0 Å². The van der Waals surface area contributed by atoms with Gasteiger partial charge in [-0.2, -0.15) is 0 Å². The van der Waals surface area contributed by atoms with Crippen molar-refractivity contribution >= 4 is 34.5 Å². The van der Waals surface area contributed by atoms with Crippen LogP contribution in [0.2, 0.25) is 0 Å². The third-order valence-corrected chi connectivity index (χ3v) is 6.25. The van der Waals surface area contributed by atoms with Gasteiger partial charge in [0.25, 0.3) is 11.7 Å². The maximum atomic E-state index is 13.1. The standard InChI is InChI=1S/C24H21NO5S/c1-3-30-16-10-8-15(9-11-16)21(27)19-20(23-14(2)12-13-31-23)25(24(29)22(19)28)17-6-4-5-7-18(17)26/h4-13,20,26-27H,3H2,1-2H3/b21-19-. The number of carbonyl (C=O) groups is 2. The lowest BCUT2D eigenvalue weighted by molar-refractivity contribution is -0.132. The van der Waals surface area contributed by atoms with Gasteiger partial charge < -0.3 is 14.9 Å². The molecule has 1 unspecified atom stereocenters. The second-order valence-corrected chi connectivity index (χ2v) is 8.03. The highest BCUT2D eigenvalue weighted by atomic mass is 32.1. The molecule has 0 saturated carbocycles. The Morgan fingerprint density at radius 1 is 1.10 bits per heavy atom. The number of hydrogen-bond acceptors (Lipinski definition) is 6. The molecule has 0 bridgehead atoms. The lowest BCUT2D eigenvalue weighted by atomic mass is 9.98. The van der Waals surface area contributed by atoms with Crippen LogP contribution in [0.15, 0.2) is 65.6 Å². The monoisotopic (exact) mass is 435 g/mol. The number of phenols is 1. The molecule has 1 fully saturated rings. The van der Waals surface area contributed by atoms with Gasteiger partial charge in [0.05, 0.1) is 17.9 Å². The highest BCUT2D eigenvalue weighted by molar-refractivity contribution is 7.10. The molecule has 2 heterocycles. The Kier molecular flexibility index (Phi) is 5.52. The highest BCUT2D eigenvalue weighted by Gasteiger charge is 2.48. The van der Waals surface area contributed by atoms with Gasteiger partial charge in [0, 0.05) is 10.4 Å². The highest BCUT2D eigenvalue weighted by Crippen LogP contribution is 2.46. The number of aromatic hydroxyl groups is 1. The maximum Gasteiger partial charge on any atom is 0.300 e. The summed E-state index contributed by atoms with van der Waals surface area (Å²) in [6.45, 7) is 4.26. The van der Waals surface area contributed by atoms with Crippen molar-refractivity contribution in [1.82, 2.24) is 0 Å². The zero-order valence-corrected chi connectivity index (χ0v) is 17.8. The SMILES string of the molecule is CCOc1ccc(/C(O)=C2/C(=O)C(=O)N(c3ccccc3O)C2c2sccc2C)cc1. The van der Waals surface area contributed by atoms with Crippen LogP contribution in [0.5, 0.6) is 11.5 Å². The van der Waals surface area contributed by atoms with Crippen molar-refractivity contribution in [2.75, 3.05) is 11.5 Å². The lowest BCUT2D eigenvalue weighted by Crippen LogP contribution is -2.29. The number of aliphatic hydroxyl groups excluding tert-OH is 1. The minimum Gasteiger partial charge on any atom is -0.507 e. The third-order valence-electron chi connectivity index (χ3n) is 5.17. The molecule has 1 aliphatic heterocycles. The fourth-order valence-corrected chi connectivity index (χ4v) is 4.72. The predicted molar refractivity (Wildman–Crippen MR) is 120 cm³/mol. The van der Waals surface area contributed by atoms with E-state index in [2.05, 4.69) is 0 Å². The van der Waals surface area contributed by atoms with E-state index < -0.39 is 17.7 Å². The number of aryl methyl sites for hydroxylation is 1. The molecule has 1 aliphatic rings. The summed E-state index contributed by atoms with van der Waals surface area (Å²) in [5, 5.41) is 23.4. The van der Waals surface area contributed by atoms with Crippen LogP contribution in [0.3, 0.4) is 0 Å². The zero-order chi connectivity index (χ0) is 22.1. The van der Waals surface area contributed by atoms with Gasteiger partial charge in [-0.25, -0.2) is 0 Å². The number of ketones is 1. The van der Waals surface area contributed by atoms with Gasteiger partial charge >= 0.3 is 0 Å². The van der Waals surface area contributed by atoms with Crippen LogP contribution >= 0.6 is 11.3 Å². The predicted octanol–water partition coefficient (Wildman–Crippen LogP) is 4.79. The van der Waals surface area contributed by atoms with E-state index in [-0.39, 0.29) is 22.8 Å². The first kappa shape index (κ1) is 20.7. The summed E-state index contributed by atoms with van der Waals surface area (Å²) in [5.41, 5.74) is 1.49. The van der Waals surface area contributed by atoms with E-state index in [0.29, 0.717) is 17.9 Å². The summed E-state index contributed by atoms with van der Waals surface area (Å²) < 4.78 is 5.43. The molecule has 31 heavy (non-hydrogen) atoms. The number of thiophene rings is 1. The molecule has 1 atom stereocenters. The number of rotatable bonds is 5. The molecular formula is C24H21NO5S. The Labute approximate surface area is 183 Å². The molecule has 158 valence electrons. The zero-order valence-electron chi connectivity index (χ0n) is 17.0. The van der Waals surface area contributed by atoms with Gasteiger partial charge in [0.2, 0.25) is 0 Å². The van der Waals surface area contributed by atoms with Crippen LogP contribution < -0.4 is 9.64 Å². The average molecular weight is 436 g/mol. The van der Waals surface area contributed by atoms with Crippen LogP contribution in [0, 0.1) is 6.92 Å². The topological polar surface area (TPSA) is 87.1 Å². The van der Waals surface area contributed by atoms with Crippen LogP contribution in [-0.4, -0.2) is 28.5 Å². The lowest BCUT2D eigenvalue weighted by Gasteiger charge is -2.25. The van der Waals surface area contributed by atoms with Crippen molar-refractivity contribution in [2.45, 2.75) is 19.9 Å². The molecule has 1 amide bonds. The van der Waals surface area contributed by atoms with E-state index in [1.54, 1.807) is 42.5 Å².